The van der Waals surface area contributed by atoms with Gasteiger partial charge in [0, 0.05) is 27.3 Å². The van der Waals surface area contributed by atoms with E-state index in [0.717, 1.165) is 26.3 Å². The average Bonchev–Trinajstić information content (AvgIpc) is 2.06. The molecular formula is C9H19NO2. The SMILES string of the molecule is COCC1CNCC(COC)C1. The minimum absolute atomic E-state index is 0.670. The lowest BCUT2D eigenvalue weighted by Crippen LogP contribution is -2.39. The van der Waals surface area contributed by atoms with Crippen molar-refractivity contribution < 1.29 is 9.47 Å². The fraction of sp³-hybridized carbons (Fsp3) is 1.00. The van der Waals surface area contributed by atoms with Crippen molar-refractivity contribution >= 4 is 0 Å². The summed E-state index contributed by atoms with van der Waals surface area (Å²) in [7, 11) is 3.53. The van der Waals surface area contributed by atoms with E-state index < -0.39 is 0 Å². The third-order valence-electron chi connectivity index (χ3n) is 2.34. The molecule has 1 N–H and O–H groups in total. The number of hydrogen-bond acceptors (Lipinski definition) is 3. The van der Waals surface area contributed by atoms with Gasteiger partial charge in [-0.1, -0.05) is 0 Å². The Hall–Kier alpha value is -0.120. The van der Waals surface area contributed by atoms with E-state index in [-0.39, 0.29) is 0 Å². The zero-order valence-corrected chi connectivity index (χ0v) is 8.01. The van der Waals surface area contributed by atoms with Gasteiger partial charge in [-0.05, 0) is 18.3 Å². The van der Waals surface area contributed by atoms with E-state index in [1.54, 1.807) is 14.2 Å². The Morgan fingerprint density at radius 1 is 1.08 bits per heavy atom. The quantitative estimate of drug-likeness (QED) is 0.671. The van der Waals surface area contributed by atoms with Crippen molar-refractivity contribution in [3.05, 3.63) is 0 Å². The Labute approximate surface area is 74.4 Å². The Balaban J connectivity index is 2.20. The van der Waals surface area contributed by atoms with Gasteiger partial charge < -0.3 is 14.8 Å². The fourth-order valence-electron chi connectivity index (χ4n) is 1.85. The molecule has 2 atom stereocenters. The summed E-state index contributed by atoms with van der Waals surface area (Å²) >= 11 is 0. The predicted molar refractivity (Wildman–Crippen MR) is 48.2 cm³/mol. The van der Waals surface area contributed by atoms with Crippen LogP contribution in [0.25, 0.3) is 0 Å². The van der Waals surface area contributed by atoms with Gasteiger partial charge in [-0.15, -0.1) is 0 Å². The van der Waals surface area contributed by atoms with E-state index in [2.05, 4.69) is 5.32 Å². The molecule has 0 aromatic rings. The van der Waals surface area contributed by atoms with Crippen LogP contribution in [-0.4, -0.2) is 40.5 Å². The van der Waals surface area contributed by atoms with Gasteiger partial charge in [0.15, 0.2) is 0 Å². The first-order chi connectivity index (χ1) is 5.86. The second-order valence-electron chi connectivity index (χ2n) is 3.54. The fourth-order valence-corrected chi connectivity index (χ4v) is 1.85. The van der Waals surface area contributed by atoms with E-state index in [1.165, 1.54) is 6.42 Å². The van der Waals surface area contributed by atoms with Gasteiger partial charge in [-0.3, -0.25) is 0 Å². The molecule has 0 amide bonds. The molecule has 0 saturated carbocycles. The van der Waals surface area contributed by atoms with E-state index in [4.69, 9.17) is 9.47 Å². The summed E-state index contributed by atoms with van der Waals surface area (Å²) in [6, 6.07) is 0. The van der Waals surface area contributed by atoms with Crippen molar-refractivity contribution in [1.29, 1.82) is 0 Å². The number of hydrogen-bond donors (Lipinski definition) is 1. The second-order valence-corrected chi connectivity index (χ2v) is 3.54. The molecule has 1 fully saturated rings. The van der Waals surface area contributed by atoms with Crippen molar-refractivity contribution in [2.75, 3.05) is 40.5 Å². The van der Waals surface area contributed by atoms with Crippen LogP contribution in [0.1, 0.15) is 6.42 Å². The highest BCUT2D eigenvalue weighted by atomic mass is 16.5. The molecule has 0 aromatic heterocycles. The Bertz CT molecular complexity index is 103. The van der Waals surface area contributed by atoms with Crippen molar-refractivity contribution in [3.8, 4) is 0 Å². The van der Waals surface area contributed by atoms with Gasteiger partial charge in [-0.2, -0.15) is 0 Å². The van der Waals surface area contributed by atoms with Gasteiger partial charge in [0.2, 0.25) is 0 Å². The van der Waals surface area contributed by atoms with Crippen LogP contribution in [0.5, 0.6) is 0 Å². The van der Waals surface area contributed by atoms with E-state index in [9.17, 15) is 0 Å². The Morgan fingerprint density at radius 2 is 1.58 bits per heavy atom. The molecule has 3 heteroatoms. The second kappa shape index (κ2) is 5.51. The zero-order valence-electron chi connectivity index (χ0n) is 8.01. The van der Waals surface area contributed by atoms with Gasteiger partial charge in [0.25, 0.3) is 0 Å². The molecule has 0 radical (unpaired) electrons. The van der Waals surface area contributed by atoms with Crippen LogP contribution >= 0.6 is 0 Å². The van der Waals surface area contributed by atoms with Gasteiger partial charge in [0.05, 0.1) is 13.2 Å². The highest BCUT2D eigenvalue weighted by Crippen LogP contribution is 2.16. The smallest absolute Gasteiger partial charge is 0.0502 e. The van der Waals surface area contributed by atoms with Crippen LogP contribution in [-0.2, 0) is 9.47 Å². The lowest BCUT2D eigenvalue weighted by Gasteiger charge is -2.28. The zero-order chi connectivity index (χ0) is 8.81. The summed E-state index contributed by atoms with van der Waals surface area (Å²) in [5.41, 5.74) is 0. The predicted octanol–water partition coefficient (Wildman–Crippen LogP) is 0.505. The van der Waals surface area contributed by atoms with Gasteiger partial charge >= 0.3 is 0 Å². The number of piperidine rings is 1. The van der Waals surface area contributed by atoms with Crippen LogP contribution < -0.4 is 5.32 Å². The molecule has 0 aromatic carbocycles. The molecule has 1 saturated heterocycles. The molecule has 1 heterocycles. The molecule has 72 valence electrons. The third kappa shape index (κ3) is 3.09. The summed E-state index contributed by atoms with van der Waals surface area (Å²) in [5, 5.41) is 3.39. The lowest BCUT2D eigenvalue weighted by molar-refractivity contribution is 0.0859. The van der Waals surface area contributed by atoms with Crippen molar-refractivity contribution in [2.24, 2.45) is 11.8 Å². The lowest BCUT2D eigenvalue weighted by atomic mass is 9.92. The summed E-state index contributed by atoms with van der Waals surface area (Å²) in [4.78, 5) is 0. The maximum absolute atomic E-state index is 5.13. The molecule has 2 unspecified atom stereocenters. The standard InChI is InChI=1S/C9H19NO2/c1-11-6-8-3-9(7-12-2)5-10-4-8/h8-10H,3-7H2,1-2H3. The first-order valence-electron chi connectivity index (χ1n) is 4.55. The van der Waals surface area contributed by atoms with Crippen LogP contribution in [0.4, 0.5) is 0 Å². The molecular weight excluding hydrogens is 154 g/mol. The highest BCUT2D eigenvalue weighted by Gasteiger charge is 2.20. The molecule has 1 aliphatic heterocycles. The molecule has 1 aliphatic rings. The van der Waals surface area contributed by atoms with Gasteiger partial charge in [-0.25, -0.2) is 0 Å². The highest BCUT2D eigenvalue weighted by molar-refractivity contribution is 4.75. The number of ether oxygens (including phenoxy) is 2. The van der Waals surface area contributed by atoms with Crippen LogP contribution in [0.3, 0.4) is 0 Å². The summed E-state index contributed by atoms with van der Waals surface area (Å²) in [5.74, 6) is 1.34. The number of nitrogens with one attached hydrogen (secondary N) is 1. The number of methoxy groups -OCH3 is 2. The average molecular weight is 173 g/mol. The molecule has 12 heavy (non-hydrogen) atoms. The third-order valence-corrected chi connectivity index (χ3v) is 2.34. The maximum Gasteiger partial charge on any atom is 0.0502 e. The summed E-state index contributed by atoms with van der Waals surface area (Å²) in [6.07, 6.45) is 1.23. The largest absolute Gasteiger partial charge is 0.384 e. The molecule has 0 bridgehead atoms. The normalized spacial score (nSPS) is 30.5. The topological polar surface area (TPSA) is 30.5 Å². The summed E-state index contributed by atoms with van der Waals surface area (Å²) in [6.45, 7) is 3.92. The maximum atomic E-state index is 5.13. The molecule has 3 nitrogen and oxygen atoms in total. The van der Waals surface area contributed by atoms with E-state index in [0.29, 0.717) is 11.8 Å². The molecule has 0 aliphatic carbocycles. The monoisotopic (exact) mass is 173 g/mol. The van der Waals surface area contributed by atoms with Crippen LogP contribution in [0.15, 0.2) is 0 Å². The van der Waals surface area contributed by atoms with Crippen LogP contribution in [0, 0.1) is 11.8 Å². The Kier molecular flexibility index (Phi) is 4.58. The minimum atomic E-state index is 0.670. The molecule has 1 rings (SSSR count). The summed E-state index contributed by atoms with van der Waals surface area (Å²) < 4.78 is 10.3. The first-order valence-corrected chi connectivity index (χ1v) is 4.55. The van der Waals surface area contributed by atoms with Crippen molar-refractivity contribution in [3.63, 3.8) is 0 Å². The van der Waals surface area contributed by atoms with E-state index in [1.807, 2.05) is 0 Å². The number of rotatable bonds is 4. The van der Waals surface area contributed by atoms with Gasteiger partial charge in [0.1, 0.15) is 0 Å². The van der Waals surface area contributed by atoms with E-state index >= 15 is 0 Å². The van der Waals surface area contributed by atoms with Crippen molar-refractivity contribution in [2.45, 2.75) is 6.42 Å². The molecule has 0 spiro atoms. The minimum Gasteiger partial charge on any atom is -0.384 e. The van der Waals surface area contributed by atoms with Crippen LogP contribution in [0.2, 0.25) is 0 Å². The van der Waals surface area contributed by atoms with Crippen molar-refractivity contribution in [1.82, 2.24) is 5.32 Å². The first kappa shape index (κ1) is 9.96. The Morgan fingerprint density at radius 3 is 2.00 bits per heavy atom.